The summed E-state index contributed by atoms with van der Waals surface area (Å²) in [4.78, 5) is 20.6. The predicted octanol–water partition coefficient (Wildman–Crippen LogP) is 4.62. The van der Waals surface area contributed by atoms with Gasteiger partial charge in [-0.3, -0.25) is 14.7 Å². The second kappa shape index (κ2) is 6.61. The van der Waals surface area contributed by atoms with Crippen LogP contribution in [0.5, 0.6) is 0 Å². The molecule has 29 heavy (non-hydrogen) atoms. The number of amides is 1. The summed E-state index contributed by atoms with van der Waals surface area (Å²) in [5, 5.41) is 10.6. The van der Waals surface area contributed by atoms with E-state index in [0.717, 1.165) is 34.9 Å². The summed E-state index contributed by atoms with van der Waals surface area (Å²) in [5.74, 6) is 0.611. The Morgan fingerprint density at radius 1 is 1.31 bits per heavy atom. The predicted molar refractivity (Wildman–Crippen MR) is 116 cm³/mol. The fourth-order valence-corrected chi connectivity index (χ4v) is 6.51. The average molecular weight is 465 g/mol. The maximum absolute atomic E-state index is 14.5. The number of amidine groups is 1. The van der Waals surface area contributed by atoms with Gasteiger partial charge in [0.1, 0.15) is 11.5 Å². The molecule has 1 aromatic carbocycles. The Labute approximate surface area is 180 Å². The lowest BCUT2D eigenvalue weighted by Crippen LogP contribution is -2.55. The third-order valence-electron chi connectivity index (χ3n) is 7.16. The van der Waals surface area contributed by atoms with Crippen LogP contribution in [0.2, 0.25) is 0 Å². The van der Waals surface area contributed by atoms with Crippen molar-refractivity contribution in [2.75, 3.05) is 6.54 Å². The standard InChI is InChI=1S/C23H30BrFN2O2/c1-13-9-22(10-14(2)19(13)28)11-16-6-7-17(24)8-18(16)23(22)20(29)27(15(3)26-23)12-21(4,5)25/h6-8,13-14,19,28H,9-12H2,1-5H3/t13-,14+,19?,22?,23-/m1/s1. The molecule has 6 heteroatoms. The molecule has 2 spiro atoms. The molecule has 0 bridgehead atoms. The van der Waals surface area contributed by atoms with Gasteiger partial charge in [0, 0.05) is 9.89 Å². The lowest BCUT2D eigenvalue weighted by Gasteiger charge is -2.49. The van der Waals surface area contributed by atoms with Crippen molar-refractivity contribution in [2.45, 2.75) is 71.2 Å². The van der Waals surface area contributed by atoms with Gasteiger partial charge >= 0.3 is 0 Å². The number of rotatable bonds is 2. The Balaban J connectivity index is 1.90. The van der Waals surface area contributed by atoms with Crippen LogP contribution in [-0.4, -0.2) is 40.1 Å². The fraction of sp³-hybridized carbons (Fsp3) is 0.652. The van der Waals surface area contributed by atoms with Gasteiger partial charge in [-0.25, -0.2) is 4.39 Å². The van der Waals surface area contributed by atoms with E-state index >= 15 is 0 Å². The first-order valence-electron chi connectivity index (χ1n) is 10.4. The maximum Gasteiger partial charge on any atom is 0.261 e. The monoisotopic (exact) mass is 464 g/mol. The minimum atomic E-state index is -1.51. The van der Waals surface area contributed by atoms with Crippen LogP contribution in [0.1, 0.15) is 58.6 Å². The number of halogens is 2. The zero-order valence-electron chi connectivity index (χ0n) is 17.8. The molecule has 1 fully saturated rings. The molecular weight excluding hydrogens is 435 g/mol. The molecule has 2 aliphatic carbocycles. The molecule has 0 aromatic heterocycles. The van der Waals surface area contributed by atoms with Crippen LogP contribution in [-0.2, 0) is 16.8 Å². The highest BCUT2D eigenvalue weighted by Gasteiger charge is 2.67. The van der Waals surface area contributed by atoms with Crippen molar-refractivity contribution in [1.29, 1.82) is 0 Å². The Morgan fingerprint density at radius 3 is 2.52 bits per heavy atom. The molecule has 4 nitrogen and oxygen atoms in total. The Bertz CT molecular complexity index is 881. The molecule has 1 amide bonds. The number of alkyl halides is 1. The van der Waals surface area contributed by atoms with Crippen LogP contribution < -0.4 is 0 Å². The van der Waals surface area contributed by atoms with Crippen molar-refractivity contribution < 1.29 is 14.3 Å². The van der Waals surface area contributed by atoms with Crippen LogP contribution >= 0.6 is 15.9 Å². The van der Waals surface area contributed by atoms with E-state index in [1.54, 1.807) is 0 Å². The van der Waals surface area contributed by atoms with Crippen LogP contribution in [0.15, 0.2) is 27.7 Å². The second-order valence-corrected chi connectivity index (χ2v) is 11.0. The van der Waals surface area contributed by atoms with Gasteiger partial charge in [0.15, 0.2) is 5.54 Å². The molecular formula is C23H30BrFN2O2. The molecule has 1 aromatic rings. The summed E-state index contributed by atoms with van der Waals surface area (Å²) in [6.45, 7) is 8.92. The highest BCUT2D eigenvalue weighted by Crippen LogP contribution is 2.63. The van der Waals surface area contributed by atoms with Crippen molar-refractivity contribution in [3.63, 3.8) is 0 Å². The number of aliphatic hydroxyl groups is 1. The minimum Gasteiger partial charge on any atom is -0.393 e. The van der Waals surface area contributed by atoms with Gasteiger partial charge in [-0.1, -0.05) is 35.8 Å². The molecule has 3 aliphatic rings. The van der Waals surface area contributed by atoms with E-state index in [2.05, 4.69) is 35.8 Å². The normalized spacial score (nSPS) is 36.8. The number of carbonyl (C=O) groups is 1. The second-order valence-electron chi connectivity index (χ2n) is 10.1. The van der Waals surface area contributed by atoms with Gasteiger partial charge in [0.05, 0.1) is 12.6 Å². The van der Waals surface area contributed by atoms with Gasteiger partial charge < -0.3 is 5.11 Å². The van der Waals surface area contributed by atoms with Crippen molar-refractivity contribution in [3.8, 4) is 0 Å². The van der Waals surface area contributed by atoms with E-state index in [4.69, 9.17) is 4.99 Å². The van der Waals surface area contributed by atoms with Crippen LogP contribution in [0.4, 0.5) is 4.39 Å². The Hall–Kier alpha value is -1.27. The number of aliphatic imine (C=N–C) groups is 1. The maximum atomic E-state index is 14.5. The number of hydrogen-bond acceptors (Lipinski definition) is 3. The molecule has 1 N–H and O–H groups in total. The third kappa shape index (κ3) is 3.01. The molecule has 5 atom stereocenters. The summed E-state index contributed by atoms with van der Waals surface area (Å²) in [5.41, 5.74) is -0.875. The van der Waals surface area contributed by atoms with Gasteiger partial charge in [0.25, 0.3) is 5.91 Å². The van der Waals surface area contributed by atoms with E-state index in [0.29, 0.717) is 5.84 Å². The van der Waals surface area contributed by atoms with Gasteiger partial charge in [-0.05, 0) is 75.1 Å². The summed E-state index contributed by atoms with van der Waals surface area (Å²) >= 11 is 3.57. The number of carbonyl (C=O) groups excluding carboxylic acids is 1. The largest absolute Gasteiger partial charge is 0.393 e. The van der Waals surface area contributed by atoms with Gasteiger partial charge in [0.2, 0.25) is 0 Å². The van der Waals surface area contributed by atoms with E-state index in [-0.39, 0.29) is 30.4 Å². The zero-order valence-corrected chi connectivity index (χ0v) is 19.4. The van der Waals surface area contributed by atoms with Gasteiger partial charge in [-0.2, -0.15) is 0 Å². The molecule has 2 unspecified atom stereocenters. The van der Waals surface area contributed by atoms with E-state index in [9.17, 15) is 14.3 Å². The molecule has 1 aliphatic heterocycles. The first-order chi connectivity index (χ1) is 13.4. The van der Waals surface area contributed by atoms with Crippen LogP contribution in [0.25, 0.3) is 0 Å². The number of nitrogens with zero attached hydrogens (tertiary/aromatic N) is 2. The summed E-state index contributed by atoms with van der Waals surface area (Å²) in [6.07, 6.45) is 1.82. The van der Waals surface area contributed by atoms with E-state index in [1.807, 2.05) is 19.1 Å². The average Bonchev–Trinajstić information content (AvgIpc) is 2.99. The highest BCUT2D eigenvalue weighted by atomic mass is 79.9. The molecule has 0 saturated heterocycles. The molecule has 158 valence electrons. The quantitative estimate of drug-likeness (QED) is 0.693. The van der Waals surface area contributed by atoms with E-state index < -0.39 is 16.6 Å². The van der Waals surface area contributed by atoms with Crippen molar-refractivity contribution in [1.82, 2.24) is 4.90 Å². The number of benzene rings is 1. The third-order valence-corrected chi connectivity index (χ3v) is 7.65. The zero-order chi connectivity index (χ0) is 21.4. The van der Waals surface area contributed by atoms with Crippen LogP contribution in [0, 0.1) is 17.3 Å². The van der Waals surface area contributed by atoms with Gasteiger partial charge in [-0.15, -0.1) is 0 Å². The summed E-state index contributed by atoms with van der Waals surface area (Å²) in [7, 11) is 0. The van der Waals surface area contributed by atoms with Crippen molar-refractivity contribution >= 4 is 27.7 Å². The van der Waals surface area contributed by atoms with Crippen molar-refractivity contribution in [3.05, 3.63) is 33.8 Å². The summed E-state index contributed by atoms with van der Waals surface area (Å²) < 4.78 is 15.5. The first-order valence-corrected chi connectivity index (χ1v) is 11.2. The smallest absolute Gasteiger partial charge is 0.261 e. The van der Waals surface area contributed by atoms with Crippen LogP contribution in [0.3, 0.4) is 0 Å². The molecule has 1 saturated carbocycles. The topological polar surface area (TPSA) is 52.9 Å². The molecule has 1 heterocycles. The minimum absolute atomic E-state index is 0.00390. The number of fused-ring (bicyclic) bond motifs is 3. The fourth-order valence-electron chi connectivity index (χ4n) is 6.15. The SMILES string of the molecule is CC1=N[C@@]2(C(=O)N1CC(C)(C)F)c1cc(Br)ccc1CC21C[C@@H](C)C(O)[C@@H](C)C1. The first kappa shape index (κ1) is 21.0. The van der Waals surface area contributed by atoms with Crippen molar-refractivity contribution in [2.24, 2.45) is 22.2 Å². The lowest BCUT2D eigenvalue weighted by molar-refractivity contribution is -0.142. The molecule has 4 rings (SSSR count). The Morgan fingerprint density at radius 2 is 1.93 bits per heavy atom. The summed E-state index contributed by atoms with van der Waals surface area (Å²) in [6, 6.07) is 6.11. The molecule has 0 radical (unpaired) electrons. The lowest BCUT2D eigenvalue weighted by atomic mass is 9.56. The highest BCUT2D eigenvalue weighted by molar-refractivity contribution is 9.10. The Kier molecular flexibility index (Phi) is 4.78. The van der Waals surface area contributed by atoms with E-state index in [1.165, 1.54) is 18.7 Å². The number of aliphatic hydroxyl groups excluding tert-OH is 1. The number of hydrogen-bond donors (Lipinski definition) is 1.